The molecule has 3 aromatic carbocycles. The fourth-order valence-corrected chi connectivity index (χ4v) is 4.92. The number of rotatable bonds is 9. The van der Waals surface area contributed by atoms with Crippen molar-refractivity contribution in [3.8, 4) is 0 Å². The smallest absolute Gasteiger partial charge is 0.170 e. The molecule has 0 radical (unpaired) electrons. The van der Waals surface area contributed by atoms with E-state index in [4.69, 9.17) is 23.8 Å². The van der Waals surface area contributed by atoms with Gasteiger partial charge >= 0.3 is 0 Å². The van der Waals surface area contributed by atoms with E-state index in [2.05, 4.69) is 47.0 Å². The zero-order chi connectivity index (χ0) is 21.2. The number of benzene rings is 3. The van der Waals surface area contributed by atoms with Gasteiger partial charge in [0.2, 0.25) is 0 Å². The molecule has 0 fully saturated rings. The monoisotopic (exact) mass is 476 g/mol. The third-order valence-electron chi connectivity index (χ3n) is 4.20. The molecular formula is C23H22ClFN2S3. The minimum absolute atomic E-state index is 0.259. The van der Waals surface area contributed by atoms with Gasteiger partial charge in [-0.1, -0.05) is 48.0 Å². The highest BCUT2D eigenvalue weighted by molar-refractivity contribution is 7.98. The van der Waals surface area contributed by atoms with E-state index >= 15 is 0 Å². The number of thiocarbonyl (C=S) groups is 1. The average molecular weight is 477 g/mol. The molecule has 0 spiro atoms. The van der Waals surface area contributed by atoms with Crippen LogP contribution in [0.2, 0.25) is 5.02 Å². The Morgan fingerprint density at radius 2 is 1.70 bits per heavy atom. The lowest BCUT2D eigenvalue weighted by atomic mass is 10.2. The molecule has 2 N–H and O–H groups in total. The summed E-state index contributed by atoms with van der Waals surface area (Å²) in [6.07, 6.45) is 0. The SMILES string of the molecule is Fc1cccc(Cl)c1CSCCNC(=S)Nc1ccc(CSc2ccccc2)cc1. The molecule has 3 aromatic rings. The number of anilines is 1. The van der Waals surface area contributed by atoms with Gasteiger partial charge < -0.3 is 10.6 Å². The number of halogens is 2. The Morgan fingerprint density at radius 3 is 2.43 bits per heavy atom. The van der Waals surface area contributed by atoms with Gasteiger partial charge in [-0.25, -0.2) is 4.39 Å². The van der Waals surface area contributed by atoms with Gasteiger partial charge in [-0.2, -0.15) is 11.8 Å². The van der Waals surface area contributed by atoms with Crippen LogP contribution < -0.4 is 10.6 Å². The summed E-state index contributed by atoms with van der Waals surface area (Å²) in [5.74, 6) is 2.00. The second kappa shape index (κ2) is 12.2. The Bertz CT molecular complexity index is 932. The van der Waals surface area contributed by atoms with Crippen LogP contribution in [0.25, 0.3) is 0 Å². The van der Waals surface area contributed by atoms with Gasteiger partial charge in [0.15, 0.2) is 5.11 Å². The highest BCUT2D eigenvalue weighted by Crippen LogP contribution is 2.24. The first-order valence-corrected chi connectivity index (χ1v) is 12.4. The van der Waals surface area contributed by atoms with Crippen LogP contribution in [0.15, 0.2) is 77.7 Å². The highest BCUT2D eigenvalue weighted by atomic mass is 35.5. The third kappa shape index (κ3) is 7.51. The zero-order valence-corrected chi connectivity index (χ0v) is 19.4. The topological polar surface area (TPSA) is 24.1 Å². The fraction of sp³-hybridized carbons (Fsp3) is 0.174. The normalized spacial score (nSPS) is 10.6. The molecule has 0 atom stereocenters. The molecule has 2 nitrogen and oxygen atoms in total. The summed E-state index contributed by atoms with van der Waals surface area (Å²) < 4.78 is 13.7. The molecule has 0 saturated carbocycles. The summed E-state index contributed by atoms with van der Waals surface area (Å²) in [6.45, 7) is 0.689. The van der Waals surface area contributed by atoms with Gasteiger partial charge in [0.25, 0.3) is 0 Å². The first-order valence-electron chi connectivity index (χ1n) is 9.44. The second-order valence-corrected chi connectivity index (χ2v) is 9.40. The molecule has 0 unspecified atom stereocenters. The van der Waals surface area contributed by atoms with Gasteiger partial charge in [-0.15, -0.1) is 11.8 Å². The van der Waals surface area contributed by atoms with Crippen LogP contribution in [0.1, 0.15) is 11.1 Å². The summed E-state index contributed by atoms with van der Waals surface area (Å²) in [4.78, 5) is 1.26. The van der Waals surface area contributed by atoms with Crippen LogP contribution in [-0.4, -0.2) is 17.4 Å². The minimum Gasteiger partial charge on any atom is -0.362 e. The van der Waals surface area contributed by atoms with Crippen molar-refractivity contribution in [1.29, 1.82) is 0 Å². The summed E-state index contributed by atoms with van der Waals surface area (Å²) in [7, 11) is 0. The van der Waals surface area contributed by atoms with Crippen LogP contribution >= 0.6 is 47.3 Å². The molecule has 0 heterocycles. The van der Waals surface area contributed by atoms with E-state index in [1.54, 1.807) is 23.9 Å². The van der Waals surface area contributed by atoms with Crippen molar-refractivity contribution >= 4 is 58.1 Å². The predicted octanol–water partition coefficient (Wildman–Crippen LogP) is 6.99. The van der Waals surface area contributed by atoms with Crippen LogP contribution in [0.3, 0.4) is 0 Å². The lowest BCUT2D eigenvalue weighted by molar-refractivity contribution is 0.617. The molecule has 0 aliphatic rings. The Kier molecular flexibility index (Phi) is 9.33. The number of hydrogen-bond acceptors (Lipinski definition) is 3. The van der Waals surface area contributed by atoms with E-state index in [1.165, 1.54) is 16.5 Å². The van der Waals surface area contributed by atoms with Crippen molar-refractivity contribution < 1.29 is 4.39 Å². The largest absolute Gasteiger partial charge is 0.362 e. The Hall–Kier alpha value is -1.73. The van der Waals surface area contributed by atoms with Crippen LogP contribution in [0.5, 0.6) is 0 Å². The maximum Gasteiger partial charge on any atom is 0.170 e. The molecule has 0 saturated heterocycles. The zero-order valence-electron chi connectivity index (χ0n) is 16.2. The van der Waals surface area contributed by atoms with Crippen molar-refractivity contribution in [2.75, 3.05) is 17.6 Å². The van der Waals surface area contributed by atoms with Crippen LogP contribution in [0, 0.1) is 5.82 Å². The number of hydrogen-bond donors (Lipinski definition) is 2. The van der Waals surface area contributed by atoms with E-state index in [1.807, 2.05) is 30.0 Å². The molecule has 7 heteroatoms. The Balaban J connectivity index is 1.34. The molecule has 0 amide bonds. The summed E-state index contributed by atoms with van der Waals surface area (Å²) >= 11 is 14.8. The van der Waals surface area contributed by atoms with Gasteiger partial charge in [0.05, 0.1) is 0 Å². The van der Waals surface area contributed by atoms with Crippen molar-refractivity contribution in [1.82, 2.24) is 5.32 Å². The maximum atomic E-state index is 13.7. The molecule has 0 aliphatic heterocycles. The summed E-state index contributed by atoms with van der Waals surface area (Å²) in [5.41, 5.74) is 2.76. The predicted molar refractivity (Wildman–Crippen MR) is 134 cm³/mol. The molecule has 0 aromatic heterocycles. The van der Waals surface area contributed by atoms with E-state index in [-0.39, 0.29) is 5.82 Å². The van der Waals surface area contributed by atoms with Crippen molar-refractivity contribution in [2.45, 2.75) is 16.4 Å². The highest BCUT2D eigenvalue weighted by Gasteiger charge is 2.06. The van der Waals surface area contributed by atoms with Crippen LogP contribution in [0.4, 0.5) is 10.1 Å². The Morgan fingerprint density at radius 1 is 0.933 bits per heavy atom. The van der Waals surface area contributed by atoms with Crippen LogP contribution in [-0.2, 0) is 11.5 Å². The van der Waals surface area contributed by atoms with Gasteiger partial charge in [-0.3, -0.25) is 0 Å². The standard InChI is InChI=1S/C23H22ClFN2S3/c24-21-7-4-8-22(25)20(21)16-29-14-13-26-23(28)27-18-11-9-17(10-12-18)15-30-19-5-2-1-3-6-19/h1-12H,13-16H2,(H2,26,27,28). The molecule has 0 bridgehead atoms. The Labute approximate surface area is 196 Å². The lowest BCUT2D eigenvalue weighted by Gasteiger charge is -2.11. The maximum absolute atomic E-state index is 13.7. The van der Waals surface area contributed by atoms with E-state index in [9.17, 15) is 4.39 Å². The molecule has 156 valence electrons. The van der Waals surface area contributed by atoms with Gasteiger partial charge in [-0.05, 0) is 54.2 Å². The van der Waals surface area contributed by atoms with Crippen molar-refractivity contribution in [2.24, 2.45) is 0 Å². The van der Waals surface area contributed by atoms with Crippen molar-refractivity contribution in [3.05, 3.63) is 94.8 Å². The summed E-state index contributed by atoms with van der Waals surface area (Å²) in [5, 5.41) is 7.42. The first kappa shape index (κ1) is 22.9. The van der Waals surface area contributed by atoms with E-state index in [0.29, 0.717) is 28.0 Å². The third-order valence-corrected chi connectivity index (χ3v) is 6.87. The van der Waals surface area contributed by atoms with E-state index < -0.39 is 0 Å². The van der Waals surface area contributed by atoms with Gasteiger partial charge in [0, 0.05) is 45.0 Å². The minimum atomic E-state index is -0.259. The second-order valence-electron chi connectivity index (χ2n) is 6.43. The van der Waals surface area contributed by atoms with Gasteiger partial charge in [0.1, 0.15) is 5.82 Å². The number of thioether (sulfide) groups is 2. The molecule has 3 rings (SSSR count). The summed E-state index contributed by atoms with van der Waals surface area (Å²) in [6, 6.07) is 23.4. The number of nitrogens with one attached hydrogen (secondary N) is 2. The lowest BCUT2D eigenvalue weighted by Crippen LogP contribution is -2.30. The fourth-order valence-electron chi connectivity index (χ4n) is 2.62. The average Bonchev–Trinajstić information content (AvgIpc) is 2.75. The molecule has 0 aliphatic carbocycles. The molecule has 30 heavy (non-hydrogen) atoms. The first-order chi connectivity index (χ1) is 14.6. The molecular weight excluding hydrogens is 455 g/mol. The quantitative estimate of drug-likeness (QED) is 0.197. The van der Waals surface area contributed by atoms with Crippen molar-refractivity contribution in [3.63, 3.8) is 0 Å². The van der Waals surface area contributed by atoms with E-state index in [0.717, 1.165) is 17.2 Å².